The maximum absolute atomic E-state index is 11.9. The van der Waals surface area contributed by atoms with Crippen molar-refractivity contribution in [2.75, 3.05) is 18.4 Å². The number of alkyl halides is 3. The van der Waals surface area contributed by atoms with Crippen molar-refractivity contribution in [2.24, 2.45) is 0 Å². The molecule has 1 aromatic heterocycles. The van der Waals surface area contributed by atoms with E-state index < -0.39 is 25.0 Å². The van der Waals surface area contributed by atoms with Gasteiger partial charge in [0.2, 0.25) is 0 Å². The maximum atomic E-state index is 11.9. The van der Waals surface area contributed by atoms with Gasteiger partial charge in [0, 0.05) is 13.1 Å². The standard InChI is InChI=1S/C11H14F3N3O/c1-2-15-8-3-4-9(17-7-8)10(18)16-6-5-11(12,13)14/h3-4,7,15H,2,5-6H2,1H3,(H,16,18). The van der Waals surface area contributed by atoms with Gasteiger partial charge in [-0.3, -0.25) is 4.79 Å². The summed E-state index contributed by atoms with van der Waals surface area (Å²) in [6.07, 6.45) is -3.86. The van der Waals surface area contributed by atoms with Gasteiger partial charge in [-0.1, -0.05) is 0 Å². The van der Waals surface area contributed by atoms with Crippen LogP contribution < -0.4 is 10.6 Å². The van der Waals surface area contributed by atoms with Crippen LogP contribution in [0.25, 0.3) is 0 Å². The minimum Gasteiger partial charge on any atom is -0.384 e. The van der Waals surface area contributed by atoms with E-state index in [0.717, 1.165) is 12.2 Å². The highest BCUT2D eigenvalue weighted by atomic mass is 19.4. The summed E-state index contributed by atoms with van der Waals surface area (Å²) in [5, 5.41) is 5.16. The molecule has 4 nitrogen and oxygen atoms in total. The number of aromatic nitrogens is 1. The number of hydrogen-bond donors (Lipinski definition) is 2. The third-order valence-corrected chi connectivity index (χ3v) is 2.07. The van der Waals surface area contributed by atoms with Crippen LogP contribution in [0.1, 0.15) is 23.8 Å². The third-order valence-electron chi connectivity index (χ3n) is 2.07. The summed E-state index contributed by atoms with van der Waals surface area (Å²) in [5.74, 6) is -0.609. The van der Waals surface area contributed by atoms with Crippen LogP contribution in [-0.2, 0) is 0 Å². The van der Waals surface area contributed by atoms with Gasteiger partial charge in [-0.2, -0.15) is 13.2 Å². The molecule has 1 heterocycles. The van der Waals surface area contributed by atoms with Crippen LogP contribution in [0.2, 0.25) is 0 Å². The molecule has 0 aliphatic rings. The molecule has 0 atom stereocenters. The number of nitrogens with one attached hydrogen (secondary N) is 2. The van der Waals surface area contributed by atoms with Crippen molar-refractivity contribution in [2.45, 2.75) is 19.5 Å². The van der Waals surface area contributed by atoms with E-state index in [4.69, 9.17) is 0 Å². The number of pyridine rings is 1. The van der Waals surface area contributed by atoms with E-state index in [2.05, 4.69) is 15.6 Å². The summed E-state index contributed by atoms with van der Waals surface area (Å²) >= 11 is 0. The normalized spacial score (nSPS) is 11.1. The second kappa shape index (κ2) is 6.23. The largest absolute Gasteiger partial charge is 0.390 e. The molecule has 1 aromatic rings. The molecule has 1 amide bonds. The van der Waals surface area contributed by atoms with Gasteiger partial charge in [0.05, 0.1) is 18.3 Å². The molecule has 0 saturated carbocycles. The Hall–Kier alpha value is -1.79. The Labute approximate surface area is 103 Å². The number of hydrogen-bond acceptors (Lipinski definition) is 3. The average molecular weight is 261 g/mol. The molecule has 0 aliphatic heterocycles. The predicted octanol–water partition coefficient (Wildman–Crippen LogP) is 2.20. The Morgan fingerprint density at radius 3 is 2.61 bits per heavy atom. The first-order chi connectivity index (χ1) is 8.42. The first-order valence-electron chi connectivity index (χ1n) is 5.47. The van der Waals surface area contributed by atoms with E-state index in [9.17, 15) is 18.0 Å². The molecule has 2 N–H and O–H groups in total. The Bertz CT molecular complexity index is 390. The van der Waals surface area contributed by atoms with E-state index >= 15 is 0 Å². The monoisotopic (exact) mass is 261 g/mol. The highest BCUT2D eigenvalue weighted by Crippen LogP contribution is 2.18. The molecule has 0 aliphatic carbocycles. The summed E-state index contributed by atoms with van der Waals surface area (Å²) in [5.41, 5.74) is 0.850. The number of rotatable bonds is 5. The molecular formula is C11H14F3N3O. The van der Waals surface area contributed by atoms with E-state index in [1.54, 1.807) is 6.07 Å². The van der Waals surface area contributed by atoms with Crippen LogP contribution in [0.5, 0.6) is 0 Å². The molecular weight excluding hydrogens is 247 g/mol. The molecule has 0 radical (unpaired) electrons. The van der Waals surface area contributed by atoms with E-state index in [1.807, 2.05) is 6.92 Å². The zero-order valence-electron chi connectivity index (χ0n) is 9.84. The van der Waals surface area contributed by atoms with Crippen molar-refractivity contribution in [3.63, 3.8) is 0 Å². The quantitative estimate of drug-likeness (QED) is 0.854. The highest BCUT2D eigenvalue weighted by Gasteiger charge is 2.26. The van der Waals surface area contributed by atoms with Crippen LogP contribution in [-0.4, -0.2) is 30.2 Å². The molecule has 0 unspecified atom stereocenters. The lowest BCUT2D eigenvalue weighted by Crippen LogP contribution is -2.28. The zero-order valence-corrected chi connectivity index (χ0v) is 9.84. The van der Waals surface area contributed by atoms with Crippen molar-refractivity contribution in [3.05, 3.63) is 24.0 Å². The molecule has 0 saturated heterocycles. The lowest BCUT2D eigenvalue weighted by Gasteiger charge is -2.08. The fourth-order valence-corrected chi connectivity index (χ4v) is 1.25. The van der Waals surface area contributed by atoms with Crippen LogP contribution in [0, 0.1) is 0 Å². The van der Waals surface area contributed by atoms with Crippen LogP contribution in [0.15, 0.2) is 18.3 Å². The lowest BCUT2D eigenvalue weighted by atomic mass is 10.3. The van der Waals surface area contributed by atoms with Crippen molar-refractivity contribution >= 4 is 11.6 Å². The molecule has 1 rings (SSSR count). The summed E-state index contributed by atoms with van der Waals surface area (Å²) in [4.78, 5) is 15.3. The molecule has 18 heavy (non-hydrogen) atoms. The Morgan fingerprint density at radius 2 is 2.11 bits per heavy atom. The van der Waals surface area contributed by atoms with Gasteiger partial charge in [0.15, 0.2) is 0 Å². The van der Waals surface area contributed by atoms with E-state index in [0.29, 0.717) is 0 Å². The number of carbonyl (C=O) groups excluding carboxylic acids is 1. The molecule has 0 aromatic carbocycles. The topological polar surface area (TPSA) is 54.0 Å². The molecule has 7 heteroatoms. The highest BCUT2D eigenvalue weighted by molar-refractivity contribution is 5.92. The summed E-state index contributed by atoms with van der Waals surface area (Å²) in [6.45, 7) is 2.19. The average Bonchev–Trinajstić information content (AvgIpc) is 2.28. The van der Waals surface area contributed by atoms with Crippen molar-refractivity contribution in [1.29, 1.82) is 0 Å². The van der Waals surface area contributed by atoms with Gasteiger partial charge in [-0.25, -0.2) is 4.98 Å². The fourth-order valence-electron chi connectivity index (χ4n) is 1.25. The number of halogens is 3. The van der Waals surface area contributed by atoms with Crippen molar-refractivity contribution < 1.29 is 18.0 Å². The van der Waals surface area contributed by atoms with Crippen LogP contribution >= 0.6 is 0 Å². The van der Waals surface area contributed by atoms with Gasteiger partial charge < -0.3 is 10.6 Å². The van der Waals surface area contributed by atoms with Crippen LogP contribution in [0.3, 0.4) is 0 Å². The number of anilines is 1. The first-order valence-corrected chi connectivity index (χ1v) is 5.47. The SMILES string of the molecule is CCNc1ccc(C(=O)NCCC(F)(F)F)nc1. The van der Waals surface area contributed by atoms with E-state index in [1.165, 1.54) is 12.3 Å². The third kappa shape index (κ3) is 5.03. The van der Waals surface area contributed by atoms with Gasteiger partial charge in [0.1, 0.15) is 5.69 Å². The summed E-state index contributed by atoms with van der Waals surface area (Å²) < 4.78 is 35.6. The van der Waals surface area contributed by atoms with Gasteiger partial charge >= 0.3 is 6.18 Å². The maximum Gasteiger partial charge on any atom is 0.390 e. The Balaban J connectivity index is 2.46. The summed E-state index contributed by atoms with van der Waals surface area (Å²) in [7, 11) is 0. The zero-order chi connectivity index (χ0) is 13.6. The lowest BCUT2D eigenvalue weighted by molar-refractivity contribution is -0.132. The Morgan fingerprint density at radius 1 is 1.39 bits per heavy atom. The van der Waals surface area contributed by atoms with E-state index in [-0.39, 0.29) is 5.69 Å². The number of carbonyl (C=O) groups is 1. The minimum atomic E-state index is -4.27. The summed E-state index contributed by atoms with van der Waals surface area (Å²) in [6, 6.07) is 3.11. The number of nitrogens with zero attached hydrogens (tertiary/aromatic N) is 1. The van der Waals surface area contributed by atoms with Crippen LogP contribution in [0.4, 0.5) is 18.9 Å². The van der Waals surface area contributed by atoms with Crippen molar-refractivity contribution in [1.82, 2.24) is 10.3 Å². The Kier molecular flexibility index (Phi) is 4.94. The first kappa shape index (κ1) is 14.3. The van der Waals surface area contributed by atoms with Crippen molar-refractivity contribution in [3.8, 4) is 0 Å². The fraction of sp³-hybridized carbons (Fsp3) is 0.455. The van der Waals surface area contributed by atoms with Gasteiger partial charge in [-0.15, -0.1) is 0 Å². The minimum absolute atomic E-state index is 0.0961. The molecule has 0 fully saturated rings. The predicted molar refractivity (Wildman–Crippen MR) is 61.4 cm³/mol. The molecule has 100 valence electrons. The van der Waals surface area contributed by atoms with Gasteiger partial charge in [0.25, 0.3) is 5.91 Å². The number of amides is 1. The molecule has 0 spiro atoms. The second-order valence-corrected chi connectivity index (χ2v) is 3.58. The smallest absolute Gasteiger partial charge is 0.384 e. The second-order valence-electron chi connectivity index (χ2n) is 3.58. The molecule has 0 bridgehead atoms. The van der Waals surface area contributed by atoms with Gasteiger partial charge in [-0.05, 0) is 19.1 Å².